The highest BCUT2D eigenvalue weighted by atomic mass is 16.6. The van der Waals surface area contributed by atoms with Gasteiger partial charge in [-0.2, -0.15) is 0 Å². The van der Waals surface area contributed by atoms with Crippen LogP contribution in [-0.2, 0) is 17.8 Å². The standard InChI is InChI=1S/C24H26N6O3/c1-15-19-8-9-20(31)30(14-17-6-4-3-5-7-17)23(19)26-22(25-15)18-10-12-29(13-11-18)24(32)21-16(2)27-33-28-21/h3-7,18H,8-14H2,1-2H3. The molecule has 9 nitrogen and oxygen atoms in total. The molecule has 0 radical (unpaired) electrons. The van der Waals surface area contributed by atoms with Crippen LogP contribution < -0.4 is 4.90 Å². The molecule has 0 unspecified atom stereocenters. The second-order valence-corrected chi connectivity index (χ2v) is 8.70. The molecule has 2 amide bonds. The molecule has 3 aromatic rings. The van der Waals surface area contributed by atoms with E-state index in [4.69, 9.17) is 9.97 Å². The third-order valence-corrected chi connectivity index (χ3v) is 6.54. The quantitative estimate of drug-likeness (QED) is 0.607. The van der Waals surface area contributed by atoms with Crippen molar-refractivity contribution in [2.45, 2.75) is 52.0 Å². The van der Waals surface area contributed by atoms with Crippen molar-refractivity contribution in [1.29, 1.82) is 0 Å². The summed E-state index contributed by atoms with van der Waals surface area (Å²) in [6.45, 7) is 5.38. The summed E-state index contributed by atoms with van der Waals surface area (Å²) in [6.07, 6.45) is 2.64. The van der Waals surface area contributed by atoms with E-state index in [9.17, 15) is 9.59 Å². The van der Waals surface area contributed by atoms with Gasteiger partial charge in [0.25, 0.3) is 5.91 Å². The van der Waals surface area contributed by atoms with Crippen molar-refractivity contribution in [1.82, 2.24) is 25.2 Å². The van der Waals surface area contributed by atoms with Crippen LogP contribution in [-0.4, -0.2) is 50.1 Å². The van der Waals surface area contributed by atoms with E-state index < -0.39 is 0 Å². The van der Waals surface area contributed by atoms with Crippen LogP contribution in [0.4, 0.5) is 5.82 Å². The number of carbonyl (C=O) groups excluding carboxylic acids is 2. The van der Waals surface area contributed by atoms with E-state index in [1.807, 2.05) is 37.3 Å². The second kappa shape index (κ2) is 8.73. The molecule has 2 aliphatic heterocycles. The number of likely N-dealkylation sites (tertiary alicyclic amines) is 1. The Labute approximate surface area is 191 Å². The zero-order chi connectivity index (χ0) is 22.9. The number of aromatic nitrogens is 4. The summed E-state index contributed by atoms with van der Waals surface area (Å²) in [6, 6.07) is 9.97. The first-order valence-electron chi connectivity index (χ1n) is 11.3. The average Bonchev–Trinajstić information content (AvgIpc) is 3.27. The highest BCUT2D eigenvalue weighted by Crippen LogP contribution is 2.33. The van der Waals surface area contributed by atoms with Gasteiger partial charge in [-0.15, -0.1) is 0 Å². The summed E-state index contributed by atoms with van der Waals surface area (Å²) >= 11 is 0. The Bertz CT molecular complexity index is 1180. The number of fused-ring (bicyclic) bond motifs is 1. The SMILES string of the molecule is Cc1nonc1C(=O)N1CCC(c2nc(C)c3c(n2)N(Cc2ccccc2)C(=O)CC3)CC1. The molecule has 0 bridgehead atoms. The Hall–Kier alpha value is -3.62. The maximum Gasteiger partial charge on any atom is 0.278 e. The summed E-state index contributed by atoms with van der Waals surface area (Å²) < 4.78 is 4.68. The van der Waals surface area contributed by atoms with Crippen LogP contribution in [0.15, 0.2) is 35.0 Å². The van der Waals surface area contributed by atoms with Crippen molar-refractivity contribution in [2.24, 2.45) is 0 Å². The summed E-state index contributed by atoms with van der Waals surface area (Å²) in [5, 5.41) is 7.44. The molecule has 1 fully saturated rings. The molecule has 0 saturated carbocycles. The van der Waals surface area contributed by atoms with Gasteiger partial charge in [-0.1, -0.05) is 35.5 Å². The number of benzene rings is 1. The van der Waals surface area contributed by atoms with Gasteiger partial charge in [0.15, 0.2) is 5.69 Å². The van der Waals surface area contributed by atoms with E-state index in [-0.39, 0.29) is 23.4 Å². The zero-order valence-corrected chi connectivity index (χ0v) is 18.8. The number of carbonyl (C=O) groups is 2. The van der Waals surface area contributed by atoms with E-state index in [2.05, 4.69) is 14.9 Å². The predicted octanol–water partition coefficient (Wildman–Crippen LogP) is 2.98. The summed E-state index contributed by atoms with van der Waals surface area (Å²) in [5.74, 6) is 1.55. The van der Waals surface area contributed by atoms with Crippen molar-refractivity contribution < 1.29 is 14.2 Å². The molecule has 0 N–H and O–H groups in total. The van der Waals surface area contributed by atoms with Crippen LogP contribution in [0, 0.1) is 13.8 Å². The van der Waals surface area contributed by atoms with Crippen LogP contribution in [0.1, 0.15) is 64.0 Å². The van der Waals surface area contributed by atoms with Crippen LogP contribution in [0.25, 0.3) is 0 Å². The van der Waals surface area contributed by atoms with Gasteiger partial charge in [-0.25, -0.2) is 14.6 Å². The van der Waals surface area contributed by atoms with Gasteiger partial charge in [0, 0.05) is 36.7 Å². The number of rotatable bonds is 4. The minimum absolute atomic E-state index is 0.0902. The molecular formula is C24H26N6O3. The lowest BCUT2D eigenvalue weighted by atomic mass is 9.94. The van der Waals surface area contributed by atoms with Gasteiger partial charge in [0.05, 0.1) is 6.54 Å². The van der Waals surface area contributed by atoms with Gasteiger partial charge in [0.1, 0.15) is 17.3 Å². The summed E-state index contributed by atoms with van der Waals surface area (Å²) in [4.78, 5) is 38.8. The number of anilines is 1. The smallest absolute Gasteiger partial charge is 0.278 e. The lowest BCUT2D eigenvalue weighted by Gasteiger charge is -2.33. The zero-order valence-electron chi connectivity index (χ0n) is 18.8. The third kappa shape index (κ3) is 4.10. The first-order valence-corrected chi connectivity index (χ1v) is 11.3. The van der Waals surface area contributed by atoms with Gasteiger partial charge in [-0.05, 0) is 43.8 Å². The Morgan fingerprint density at radius 3 is 2.48 bits per heavy atom. The van der Waals surface area contributed by atoms with E-state index in [1.54, 1.807) is 16.7 Å². The summed E-state index contributed by atoms with van der Waals surface area (Å²) in [5.41, 5.74) is 3.82. The number of hydrogen-bond donors (Lipinski definition) is 0. The van der Waals surface area contributed by atoms with Crippen molar-refractivity contribution >= 4 is 17.6 Å². The number of nitrogens with zero attached hydrogens (tertiary/aromatic N) is 6. The normalized spacial score (nSPS) is 16.7. The van der Waals surface area contributed by atoms with Gasteiger partial charge >= 0.3 is 0 Å². The number of hydrogen-bond acceptors (Lipinski definition) is 7. The Morgan fingerprint density at radius 2 is 1.79 bits per heavy atom. The van der Waals surface area contributed by atoms with Crippen LogP contribution in [0.5, 0.6) is 0 Å². The topological polar surface area (TPSA) is 105 Å². The molecule has 0 spiro atoms. The Balaban J connectivity index is 1.36. The predicted molar refractivity (Wildman–Crippen MR) is 120 cm³/mol. The van der Waals surface area contributed by atoms with E-state index in [1.165, 1.54) is 0 Å². The van der Waals surface area contributed by atoms with E-state index in [0.717, 1.165) is 41.3 Å². The molecule has 9 heteroatoms. The lowest BCUT2D eigenvalue weighted by molar-refractivity contribution is -0.119. The third-order valence-electron chi connectivity index (χ3n) is 6.54. The highest BCUT2D eigenvalue weighted by Gasteiger charge is 2.32. The molecule has 5 rings (SSSR count). The molecule has 2 aliphatic rings. The lowest BCUT2D eigenvalue weighted by Crippen LogP contribution is -2.39. The molecule has 4 heterocycles. The fourth-order valence-corrected chi connectivity index (χ4v) is 4.63. The molecule has 1 saturated heterocycles. The van der Waals surface area contributed by atoms with Crippen molar-refractivity contribution in [3.63, 3.8) is 0 Å². The van der Waals surface area contributed by atoms with Gasteiger partial charge < -0.3 is 4.90 Å². The number of aryl methyl sites for hydroxylation is 2. The van der Waals surface area contributed by atoms with Crippen LogP contribution in [0.2, 0.25) is 0 Å². The van der Waals surface area contributed by atoms with Crippen molar-refractivity contribution in [3.05, 3.63) is 64.4 Å². The minimum atomic E-state index is -0.158. The fourth-order valence-electron chi connectivity index (χ4n) is 4.63. The second-order valence-electron chi connectivity index (χ2n) is 8.70. The van der Waals surface area contributed by atoms with Gasteiger partial charge in [0.2, 0.25) is 5.91 Å². The Kier molecular flexibility index (Phi) is 5.62. The average molecular weight is 447 g/mol. The Morgan fingerprint density at radius 1 is 1.03 bits per heavy atom. The minimum Gasteiger partial charge on any atom is -0.337 e. The van der Waals surface area contributed by atoms with E-state index >= 15 is 0 Å². The molecular weight excluding hydrogens is 420 g/mol. The first kappa shape index (κ1) is 21.2. The molecule has 33 heavy (non-hydrogen) atoms. The molecule has 1 aromatic carbocycles. The van der Waals surface area contributed by atoms with Gasteiger partial charge in [-0.3, -0.25) is 14.5 Å². The maximum atomic E-state index is 12.8. The van der Waals surface area contributed by atoms with E-state index in [0.29, 0.717) is 38.2 Å². The number of amides is 2. The number of piperidine rings is 1. The summed E-state index contributed by atoms with van der Waals surface area (Å²) in [7, 11) is 0. The maximum absolute atomic E-state index is 12.8. The van der Waals surface area contributed by atoms with Crippen molar-refractivity contribution in [2.75, 3.05) is 18.0 Å². The largest absolute Gasteiger partial charge is 0.337 e. The van der Waals surface area contributed by atoms with Crippen LogP contribution in [0.3, 0.4) is 0 Å². The van der Waals surface area contributed by atoms with Crippen molar-refractivity contribution in [3.8, 4) is 0 Å². The fraction of sp³-hybridized carbons (Fsp3) is 0.417. The first-order chi connectivity index (χ1) is 16.0. The monoisotopic (exact) mass is 446 g/mol. The molecule has 0 atom stereocenters. The molecule has 0 aliphatic carbocycles. The molecule has 2 aromatic heterocycles. The highest BCUT2D eigenvalue weighted by molar-refractivity contribution is 5.95. The molecule has 170 valence electrons. The van der Waals surface area contributed by atoms with Crippen LogP contribution >= 0.6 is 0 Å².